The van der Waals surface area contributed by atoms with Gasteiger partial charge in [-0.25, -0.2) is 0 Å². The first-order valence-electron chi connectivity index (χ1n) is 13.3. The van der Waals surface area contributed by atoms with E-state index in [9.17, 15) is 5.11 Å². The van der Waals surface area contributed by atoms with Gasteiger partial charge in [0.15, 0.2) is 0 Å². The summed E-state index contributed by atoms with van der Waals surface area (Å²) in [6.07, 6.45) is 2.08. The van der Waals surface area contributed by atoms with Gasteiger partial charge in [0.1, 0.15) is 23.0 Å². The van der Waals surface area contributed by atoms with Crippen LogP contribution < -0.4 is 14.2 Å². The molecule has 1 spiro atoms. The van der Waals surface area contributed by atoms with Crippen molar-refractivity contribution in [2.75, 3.05) is 21.3 Å². The van der Waals surface area contributed by atoms with Crippen molar-refractivity contribution in [3.8, 4) is 45.3 Å². The van der Waals surface area contributed by atoms with E-state index in [0.29, 0.717) is 11.5 Å². The lowest BCUT2D eigenvalue weighted by Gasteiger charge is -2.34. The van der Waals surface area contributed by atoms with Gasteiger partial charge >= 0.3 is 0 Å². The van der Waals surface area contributed by atoms with Gasteiger partial charge in [0, 0.05) is 28.0 Å². The summed E-state index contributed by atoms with van der Waals surface area (Å²) in [7, 11) is 4.99. The molecule has 2 aliphatic rings. The second-order valence-electron chi connectivity index (χ2n) is 12.2. The highest BCUT2D eigenvalue weighted by molar-refractivity contribution is 6.08. The maximum Gasteiger partial charge on any atom is 0.130 e. The van der Waals surface area contributed by atoms with Crippen LogP contribution in [0, 0.1) is 10.8 Å². The first-order valence-corrected chi connectivity index (χ1v) is 13.3. The minimum Gasteiger partial charge on any atom is -0.507 e. The second kappa shape index (κ2) is 8.17. The smallest absolute Gasteiger partial charge is 0.130 e. The lowest BCUT2D eigenvalue weighted by atomic mass is 9.71. The maximum atomic E-state index is 11.6. The molecule has 6 rings (SSSR count). The van der Waals surface area contributed by atoms with E-state index < -0.39 is 0 Å². The third kappa shape index (κ3) is 3.22. The van der Waals surface area contributed by atoms with Crippen molar-refractivity contribution in [2.24, 2.45) is 10.8 Å². The molecular weight excluding hydrogens is 472 g/mol. The number of methoxy groups -OCH3 is 3. The Balaban J connectivity index is 1.66. The number of rotatable bonds is 4. The van der Waals surface area contributed by atoms with Crippen molar-refractivity contribution in [1.29, 1.82) is 0 Å². The van der Waals surface area contributed by atoms with Crippen LogP contribution in [0.1, 0.15) is 51.7 Å². The molecule has 1 fully saturated rings. The summed E-state index contributed by atoms with van der Waals surface area (Å²) >= 11 is 0. The summed E-state index contributed by atoms with van der Waals surface area (Å²) in [5.74, 6) is 2.43. The molecule has 0 unspecified atom stereocenters. The summed E-state index contributed by atoms with van der Waals surface area (Å²) in [5.41, 5.74) is 7.00. The summed E-state index contributed by atoms with van der Waals surface area (Å²) in [4.78, 5) is 0. The maximum absolute atomic E-state index is 11.6. The second-order valence-corrected chi connectivity index (χ2v) is 12.2. The van der Waals surface area contributed by atoms with Gasteiger partial charge in [-0.2, -0.15) is 0 Å². The molecule has 0 bridgehead atoms. The van der Waals surface area contributed by atoms with Gasteiger partial charge in [-0.1, -0.05) is 52.0 Å². The Kier molecular flexibility index (Phi) is 5.30. The molecule has 4 aromatic carbocycles. The Bertz CT molecular complexity index is 1580. The summed E-state index contributed by atoms with van der Waals surface area (Å²) in [6.45, 7) is 9.56. The molecule has 0 saturated heterocycles. The molecule has 0 radical (unpaired) electrons. The predicted molar refractivity (Wildman–Crippen MR) is 154 cm³/mol. The topological polar surface area (TPSA) is 47.9 Å². The van der Waals surface area contributed by atoms with Gasteiger partial charge in [0.25, 0.3) is 0 Å². The van der Waals surface area contributed by atoms with Crippen LogP contribution in [0.25, 0.3) is 33.0 Å². The number of phenolic OH excluding ortho intramolecular Hbond substituents is 1. The minimum absolute atomic E-state index is 0.129. The quantitative estimate of drug-likeness (QED) is 0.301. The van der Waals surface area contributed by atoms with E-state index in [1.54, 1.807) is 21.3 Å². The molecule has 0 amide bonds. The first kappa shape index (κ1) is 24.7. The molecule has 196 valence electrons. The average Bonchev–Trinajstić information content (AvgIpc) is 3.27. The zero-order chi connectivity index (χ0) is 27.0. The molecule has 4 aromatic rings. The number of ether oxygens (including phenoxy) is 3. The Labute approximate surface area is 225 Å². The third-order valence-electron chi connectivity index (χ3n) is 9.68. The normalized spacial score (nSPS) is 17.9. The standard InChI is InChI=1S/C34H36O4/c1-32(2)18-34(19-33(32,3)4)26-11-9-8-10-22(26)31-25-16-30(38-7)24(15-23(25)28(35)17-27(31)34)21-13-12-20(36-5)14-29(21)37-6/h8-17,35H,18-19H2,1-7H3. The summed E-state index contributed by atoms with van der Waals surface area (Å²) in [6, 6.07) is 20.7. The van der Waals surface area contributed by atoms with Crippen molar-refractivity contribution in [3.05, 3.63) is 71.8 Å². The number of aromatic hydroxyl groups is 1. The van der Waals surface area contributed by atoms with Gasteiger partial charge in [0.2, 0.25) is 0 Å². The molecule has 1 saturated carbocycles. The van der Waals surface area contributed by atoms with Crippen LogP contribution in [0.3, 0.4) is 0 Å². The number of benzene rings is 4. The highest BCUT2D eigenvalue weighted by atomic mass is 16.5. The van der Waals surface area contributed by atoms with E-state index in [2.05, 4.69) is 58.0 Å². The largest absolute Gasteiger partial charge is 0.507 e. The van der Waals surface area contributed by atoms with E-state index in [4.69, 9.17) is 14.2 Å². The monoisotopic (exact) mass is 508 g/mol. The van der Waals surface area contributed by atoms with Crippen LogP contribution in [0.5, 0.6) is 23.0 Å². The van der Waals surface area contributed by atoms with Gasteiger partial charge in [-0.3, -0.25) is 0 Å². The molecule has 38 heavy (non-hydrogen) atoms. The average molecular weight is 509 g/mol. The van der Waals surface area contributed by atoms with Crippen LogP contribution in [0.4, 0.5) is 0 Å². The minimum atomic E-state index is -0.129. The van der Waals surface area contributed by atoms with Gasteiger partial charge in [-0.05, 0) is 81.6 Å². The molecule has 4 heteroatoms. The van der Waals surface area contributed by atoms with E-state index in [0.717, 1.165) is 46.2 Å². The Morgan fingerprint density at radius 3 is 1.95 bits per heavy atom. The van der Waals surface area contributed by atoms with E-state index in [-0.39, 0.29) is 16.2 Å². The van der Waals surface area contributed by atoms with Gasteiger partial charge in [-0.15, -0.1) is 0 Å². The molecular formula is C34H36O4. The third-order valence-corrected chi connectivity index (χ3v) is 9.68. The predicted octanol–water partition coefficient (Wildman–Crippen LogP) is 8.35. The zero-order valence-electron chi connectivity index (χ0n) is 23.4. The van der Waals surface area contributed by atoms with Crippen LogP contribution in [0.15, 0.2) is 60.7 Å². The highest BCUT2D eigenvalue weighted by Crippen LogP contribution is 2.68. The number of hydrogen-bond donors (Lipinski definition) is 1. The van der Waals surface area contributed by atoms with Crippen molar-refractivity contribution in [1.82, 2.24) is 0 Å². The number of phenols is 1. The van der Waals surface area contributed by atoms with Crippen LogP contribution in [0.2, 0.25) is 0 Å². The lowest BCUT2D eigenvalue weighted by Crippen LogP contribution is -2.25. The zero-order valence-corrected chi connectivity index (χ0v) is 23.4. The SMILES string of the molecule is COc1ccc(-c2cc3c(O)cc4c(c3cc2OC)-c2ccccc2C42CC(C)(C)C(C)(C)C2)c(OC)c1. The number of fused-ring (bicyclic) bond motifs is 7. The first-order chi connectivity index (χ1) is 18.1. The van der Waals surface area contributed by atoms with Crippen LogP contribution in [-0.4, -0.2) is 26.4 Å². The van der Waals surface area contributed by atoms with Gasteiger partial charge < -0.3 is 19.3 Å². The highest BCUT2D eigenvalue weighted by Gasteiger charge is 2.58. The van der Waals surface area contributed by atoms with E-state index in [1.807, 2.05) is 30.3 Å². The Hall–Kier alpha value is -3.66. The summed E-state index contributed by atoms with van der Waals surface area (Å²) < 4.78 is 17.1. The van der Waals surface area contributed by atoms with E-state index in [1.165, 1.54) is 22.3 Å². The Morgan fingerprint density at radius 1 is 0.632 bits per heavy atom. The van der Waals surface area contributed by atoms with Crippen LogP contribution >= 0.6 is 0 Å². The van der Waals surface area contributed by atoms with Gasteiger partial charge in [0.05, 0.1) is 21.3 Å². The fourth-order valence-corrected chi connectivity index (χ4v) is 7.19. The molecule has 0 heterocycles. The molecule has 0 aromatic heterocycles. The fraction of sp³-hybridized carbons (Fsp3) is 0.353. The molecule has 0 aliphatic heterocycles. The molecule has 1 N–H and O–H groups in total. The summed E-state index contributed by atoms with van der Waals surface area (Å²) in [5, 5.41) is 13.4. The molecule has 0 atom stereocenters. The van der Waals surface area contributed by atoms with Crippen molar-refractivity contribution in [2.45, 2.75) is 46.0 Å². The van der Waals surface area contributed by atoms with Crippen molar-refractivity contribution in [3.63, 3.8) is 0 Å². The number of hydrogen-bond acceptors (Lipinski definition) is 4. The van der Waals surface area contributed by atoms with Crippen LogP contribution in [-0.2, 0) is 5.41 Å². The molecule has 4 nitrogen and oxygen atoms in total. The van der Waals surface area contributed by atoms with E-state index >= 15 is 0 Å². The Morgan fingerprint density at radius 2 is 1.29 bits per heavy atom. The van der Waals surface area contributed by atoms with Crippen molar-refractivity contribution < 1.29 is 19.3 Å². The lowest BCUT2D eigenvalue weighted by molar-refractivity contribution is 0.157. The van der Waals surface area contributed by atoms with Crippen molar-refractivity contribution >= 4 is 10.8 Å². The fourth-order valence-electron chi connectivity index (χ4n) is 7.19. The molecule has 2 aliphatic carbocycles.